The molecule has 17 heavy (non-hydrogen) atoms. The summed E-state index contributed by atoms with van der Waals surface area (Å²) < 4.78 is 0. The zero-order chi connectivity index (χ0) is 11.8. The van der Waals surface area contributed by atoms with Crippen LogP contribution < -0.4 is 10.6 Å². The minimum absolute atomic E-state index is 0.343. The summed E-state index contributed by atoms with van der Waals surface area (Å²) >= 11 is 0. The number of rotatable bonds is 1. The third-order valence-corrected chi connectivity index (χ3v) is 3.02. The van der Waals surface area contributed by atoms with Crippen molar-refractivity contribution in [3.63, 3.8) is 0 Å². The highest BCUT2D eigenvalue weighted by atomic mass is 15.2. The molecule has 4 nitrogen and oxygen atoms in total. The number of anilines is 2. The number of hydrogen-bond acceptors (Lipinski definition) is 4. The van der Waals surface area contributed by atoms with Gasteiger partial charge in [0.25, 0.3) is 0 Å². The average Bonchev–Trinajstić information content (AvgIpc) is 2.71. The van der Waals surface area contributed by atoms with E-state index in [0.29, 0.717) is 5.95 Å². The number of nitrogens with two attached hydrogens (primary N) is 1. The molecule has 2 heterocycles. The maximum absolute atomic E-state index is 5.68. The van der Waals surface area contributed by atoms with Gasteiger partial charge in [0.1, 0.15) is 5.82 Å². The van der Waals surface area contributed by atoms with E-state index in [1.165, 1.54) is 11.1 Å². The van der Waals surface area contributed by atoms with Crippen LogP contribution in [0.5, 0.6) is 0 Å². The van der Waals surface area contributed by atoms with Crippen LogP contribution in [0.25, 0.3) is 0 Å². The van der Waals surface area contributed by atoms with Crippen LogP contribution in [0.2, 0.25) is 0 Å². The minimum Gasteiger partial charge on any atom is -0.368 e. The second-order valence-corrected chi connectivity index (χ2v) is 4.35. The molecular weight excluding hydrogens is 212 g/mol. The molecule has 1 aliphatic rings. The first-order chi connectivity index (χ1) is 8.22. The van der Waals surface area contributed by atoms with Gasteiger partial charge in [0, 0.05) is 24.8 Å². The zero-order valence-electron chi connectivity index (χ0n) is 9.72. The molecule has 0 aliphatic carbocycles. The molecule has 0 saturated heterocycles. The van der Waals surface area contributed by atoms with Crippen molar-refractivity contribution >= 4 is 11.8 Å². The van der Waals surface area contributed by atoms with Gasteiger partial charge in [-0.15, -0.1) is 0 Å². The van der Waals surface area contributed by atoms with Crippen LogP contribution in [0.4, 0.5) is 11.8 Å². The summed E-state index contributed by atoms with van der Waals surface area (Å²) in [7, 11) is 0. The largest absolute Gasteiger partial charge is 0.368 e. The first kappa shape index (κ1) is 10.1. The topological polar surface area (TPSA) is 55.0 Å². The number of benzene rings is 1. The highest BCUT2D eigenvalue weighted by molar-refractivity contribution is 5.49. The maximum Gasteiger partial charge on any atom is 0.222 e. The molecule has 86 valence electrons. The minimum atomic E-state index is 0.343. The molecule has 0 amide bonds. The van der Waals surface area contributed by atoms with Crippen molar-refractivity contribution < 1.29 is 0 Å². The van der Waals surface area contributed by atoms with Crippen molar-refractivity contribution in [2.45, 2.75) is 20.0 Å². The van der Waals surface area contributed by atoms with Gasteiger partial charge in [-0.25, -0.2) is 4.98 Å². The Morgan fingerprint density at radius 3 is 2.35 bits per heavy atom. The highest BCUT2D eigenvalue weighted by Crippen LogP contribution is 2.27. The fraction of sp³-hybridized carbons (Fsp3) is 0.231. The molecule has 0 saturated carbocycles. The lowest BCUT2D eigenvalue weighted by molar-refractivity contribution is 0.850. The summed E-state index contributed by atoms with van der Waals surface area (Å²) in [5.41, 5.74) is 9.32. The standard InChI is InChI=1S/C13H14N4/c1-9-6-12(16-13(14)15-9)17-7-10-4-2-3-5-11(10)8-17/h2-6H,7-8H2,1H3,(H2,14,15,16). The summed E-state index contributed by atoms with van der Waals surface area (Å²) in [5, 5.41) is 0. The summed E-state index contributed by atoms with van der Waals surface area (Å²) in [4.78, 5) is 10.6. The molecule has 2 N–H and O–H groups in total. The van der Waals surface area contributed by atoms with Crippen molar-refractivity contribution in [3.05, 3.63) is 47.2 Å². The summed E-state index contributed by atoms with van der Waals surface area (Å²) in [6.07, 6.45) is 0. The second-order valence-electron chi connectivity index (χ2n) is 4.35. The normalized spacial score (nSPS) is 13.8. The Morgan fingerprint density at radius 1 is 1.12 bits per heavy atom. The molecule has 3 rings (SSSR count). The van der Waals surface area contributed by atoms with Crippen molar-refractivity contribution in [1.29, 1.82) is 0 Å². The van der Waals surface area contributed by atoms with E-state index in [-0.39, 0.29) is 0 Å². The van der Waals surface area contributed by atoms with Gasteiger partial charge in [0.05, 0.1) is 0 Å². The number of nitrogen functional groups attached to an aromatic ring is 1. The number of aryl methyl sites for hydroxylation is 1. The lowest BCUT2D eigenvalue weighted by atomic mass is 10.1. The van der Waals surface area contributed by atoms with Crippen LogP contribution in [-0.2, 0) is 13.1 Å². The molecule has 0 bridgehead atoms. The van der Waals surface area contributed by atoms with Crippen LogP contribution in [-0.4, -0.2) is 9.97 Å². The zero-order valence-corrected chi connectivity index (χ0v) is 9.72. The third kappa shape index (κ3) is 1.82. The van der Waals surface area contributed by atoms with E-state index in [4.69, 9.17) is 5.73 Å². The number of hydrogen-bond donors (Lipinski definition) is 1. The Kier molecular flexibility index (Phi) is 2.21. The van der Waals surface area contributed by atoms with Gasteiger partial charge in [-0.1, -0.05) is 24.3 Å². The van der Waals surface area contributed by atoms with Crippen molar-refractivity contribution in [2.24, 2.45) is 0 Å². The van der Waals surface area contributed by atoms with Gasteiger partial charge in [0.2, 0.25) is 5.95 Å². The van der Waals surface area contributed by atoms with E-state index >= 15 is 0 Å². The Hall–Kier alpha value is -2.10. The van der Waals surface area contributed by atoms with E-state index in [2.05, 4.69) is 39.1 Å². The Labute approximate surface area is 100 Å². The monoisotopic (exact) mass is 226 g/mol. The van der Waals surface area contributed by atoms with Gasteiger partial charge >= 0.3 is 0 Å². The molecule has 0 atom stereocenters. The fourth-order valence-electron chi connectivity index (χ4n) is 2.23. The molecule has 0 fully saturated rings. The lowest BCUT2D eigenvalue weighted by Crippen LogP contribution is -2.17. The first-order valence-electron chi connectivity index (χ1n) is 5.65. The van der Waals surface area contributed by atoms with E-state index < -0.39 is 0 Å². The molecule has 2 aromatic rings. The Morgan fingerprint density at radius 2 is 1.76 bits per heavy atom. The van der Waals surface area contributed by atoms with Crippen LogP contribution >= 0.6 is 0 Å². The van der Waals surface area contributed by atoms with Crippen molar-refractivity contribution in [1.82, 2.24) is 9.97 Å². The average molecular weight is 226 g/mol. The summed E-state index contributed by atoms with van der Waals surface area (Å²) in [6.45, 7) is 3.73. The molecule has 1 aliphatic heterocycles. The molecule has 0 spiro atoms. The highest BCUT2D eigenvalue weighted by Gasteiger charge is 2.19. The van der Waals surface area contributed by atoms with E-state index in [1.54, 1.807) is 0 Å². The smallest absolute Gasteiger partial charge is 0.222 e. The van der Waals surface area contributed by atoms with Gasteiger partial charge < -0.3 is 10.6 Å². The van der Waals surface area contributed by atoms with Gasteiger partial charge in [-0.05, 0) is 18.1 Å². The lowest BCUT2D eigenvalue weighted by Gasteiger charge is -2.16. The quantitative estimate of drug-likeness (QED) is 0.806. The maximum atomic E-state index is 5.68. The molecule has 0 unspecified atom stereocenters. The van der Waals surface area contributed by atoms with Crippen molar-refractivity contribution in [3.8, 4) is 0 Å². The molecule has 1 aromatic carbocycles. The van der Waals surface area contributed by atoms with Gasteiger partial charge in [0.15, 0.2) is 0 Å². The number of fused-ring (bicyclic) bond motifs is 1. The molecule has 1 aromatic heterocycles. The van der Waals surface area contributed by atoms with Crippen LogP contribution in [0.1, 0.15) is 16.8 Å². The molecular formula is C13H14N4. The second kappa shape index (κ2) is 3.73. The van der Waals surface area contributed by atoms with E-state index in [1.807, 2.05) is 13.0 Å². The predicted molar refractivity (Wildman–Crippen MR) is 67.5 cm³/mol. The SMILES string of the molecule is Cc1cc(N2Cc3ccccc3C2)nc(N)n1. The van der Waals surface area contributed by atoms with Gasteiger partial charge in [-0.3, -0.25) is 0 Å². The van der Waals surface area contributed by atoms with Crippen molar-refractivity contribution in [2.75, 3.05) is 10.6 Å². The van der Waals surface area contributed by atoms with E-state index in [0.717, 1.165) is 24.6 Å². The summed E-state index contributed by atoms with van der Waals surface area (Å²) in [6, 6.07) is 10.4. The van der Waals surface area contributed by atoms with Crippen LogP contribution in [0.15, 0.2) is 30.3 Å². The first-order valence-corrected chi connectivity index (χ1v) is 5.65. The molecule has 0 radical (unpaired) electrons. The van der Waals surface area contributed by atoms with Gasteiger partial charge in [-0.2, -0.15) is 4.98 Å². The molecule has 4 heteroatoms. The number of aromatic nitrogens is 2. The Balaban J connectivity index is 1.93. The Bertz CT molecular complexity index is 520. The summed E-state index contributed by atoms with van der Waals surface area (Å²) in [5.74, 6) is 1.25. The van der Waals surface area contributed by atoms with E-state index in [9.17, 15) is 0 Å². The van der Waals surface area contributed by atoms with Crippen LogP contribution in [0.3, 0.4) is 0 Å². The fourth-order valence-corrected chi connectivity index (χ4v) is 2.23. The third-order valence-electron chi connectivity index (χ3n) is 3.02. The number of nitrogens with zero attached hydrogens (tertiary/aromatic N) is 3. The predicted octanol–water partition coefficient (Wildman–Crippen LogP) is 1.89. The van der Waals surface area contributed by atoms with Crippen LogP contribution in [0, 0.1) is 6.92 Å².